The van der Waals surface area contributed by atoms with Crippen LogP contribution in [0.2, 0.25) is 0 Å². The van der Waals surface area contributed by atoms with Crippen LogP contribution in [0, 0.1) is 0 Å². The summed E-state index contributed by atoms with van der Waals surface area (Å²) >= 11 is 0. The van der Waals surface area contributed by atoms with E-state index in [4.69, 9.17) is 0 Å². The van der Waals surface area contributed by atoms with E-state index in [0.29, 0.717) is 12.4 Å². The first-order chi connectivity index (χ1) is 9.48. The van der Waals surface area contributed by atoms with Crippen molar-refractivity contribution in [3.63, 3.8) is 0 Å². The molecule has 0 saturated heterocycles. The Morgan fingerprint density at radius 1 is 1.24 bits per heavy atom. The maximum absolute atomic E-state index is 12.7. The van der Waals surface area contributed by atoms with Crippen molar-refractivity contribution in [3.05, 3.63) is 23.9 Å². The van der Waals surface area contributed by atoms with E-state index in [1.54, 1.807) is 26.1 Å². The first-order valence-corrected chi connectivity index (χ1v) is 7.01. The largest absolute Gasteiger partial charge is 0.405 e. The van der Waals surface area contributed by atoms with Gasteiger partial charge in [0, 0.05) is 24.3 Å². The topological polar surface area (TPSA) is 28.2 Å². The molecule has 0 bridgehead atoms. The van der Waals surface area contributed by atoms with E-state index < -0.39 is 12.7 Å². The number of pyridine rings is 1. The molecular weight excluding hydrogens is 279 g/mol. The van der Waals surface area contributed by atoms with Crippen LogP contribution in [0.5, 0.6) is 0 Å². The number of nitrogens with zero attached hydrogens (tertiary/aromatic N) is 2. The number of aromatic nitrogens is 1. The summed E-state index contributed by atoms with van der Waals surface area (Å²) in [5.74, 6) is 0.357. The van der Waals surface area contributed by atoms with E-state index in [2.05, 4.69) is 10.3 Å². The molecule has 0 atom stereocenters. The van der Waals surface area contributed by atoms with Gasteiger partial charge in [0.2, 0.25) is 0 Å². The number of anilines is 1. The summed E-state index contributed by atoms with van der Waals surface area (Å²) in [7, 11) is 0. The lowest BCUT2D eigenvalue weighted by Crippen LogP contribution is -2.40. The summed E-state index contributed by atoms with van der Waals surface area (Å²) in [4.78, 5) is 5.35. The van der Waals surface area contributed by atoms with Crippen molar-refractivity contribution in [2.24, 2.45) is 0 Å². The molecule has 1 aromatic rings. The Bertz CT molecular complexity index is 450. The quantitative estimate of drug-likeness (QED) is 0.898. The highest BCUT2D eigenvalue weighted by Crippen LogP contribution is 2.23. The lowest BCUT2D eigenvalue weighted by atomic mass is 10.1. The molecule has 1 rings (SSSR count). The highest BCUT2D eigenvalue weighted by molar-refractivity contribution is 5.42. The zero-order chi connectivity index (χ0) is 16.3. The minimum atomic E-state index is -4.24. The van der Waals surface area contributed by atoms with Crippen molar-refractivity contribution in [1.29, 1.82) is 0 Å². The van der Waals surface area contributed by atoms with Gasteiger partial charge in [-0.15, -0.1) is 0 Å². The van der Waals surface area contributed by atoms with E-state index in [-0.39, 0.29) is 11.6 Å². The number of halogens is 3. The van der Waals surface area contributed by atoms with Gasteiger partial charge in [-0.3, -0.25) is 0 Å². The number of hydrogen-bond acceptors (Lipinski definition) is 3. The summed E-state index contributed by atoms with van der Waals surface area (Å²) in [6.45, 7) is 9.18. The second-order valence-corrected chi connectivity index (χ2v) is 6.46. The smallest absolute Gasteiger partial charge is 0.345 e. The number of nitrogens with one attached hydrogen (secondary N) is 1. The van der Waals surface area contributed by atoms with E-state index in [0.717, 1.165) is 5.56 Å². The Morgan fingerprint density at radius 2 is 1.86 bits per heavy atom. The Morgan fingerprint density at radius 3 is 2.33 bits per heavy atom. The van der Waals surface area contributed by atoms with Crippen LogP contribution in [0.3, 0.4) is 0 Å². The fourth-order valence-corrected chi connectivity index (χ4v) is 1.82. The number of alkyl halides is 3. The zero-order valence-corrected chi connectivity index (χ0v) is 13.3. The van der Waals surface area contributed by atoms with E-state index in [9.17, 15) is 13.2 Å². The van der Waals surface area contributed by atoms with Gasteiger partial charge in [0.25, 0.3) is 0 Å². The highest BCUT2D eigenvalue weighted by atomic mass is 19.4. The van der Waals surface area contributed by atoms with Gasteiger partial charge in [-0.2, -0.15) is 13.2 Å². The van der Waals surface area contributed by atoms with Crippen LogP contribution in [0.1, 0.15) is 40.2 Å². The molecule has 120 valence electrons. The minimum Gasteiger partial charge on any atom is -0.345 e. The molecule has 0 aliphatic rings. The van der Waals surface area contributed by atoms with Gasteiger partial charge in [-0.25, -0.2) is 4.98 Å². The fourth-order valence-electron chi connectivity index (χ4n) is 1.82. The molecule has 3 nitrogen and oxygen atoms in total. The Kier molecular flexibility index (Phi) is 5.61. The van der Waals surface area contributed by atoms with Crippen molar-refractivity contribution in [2.45, 2.75) is 58.9 Å². The van der Waals surface area contributed by atoms with Gasteiger partial charge in [0.1, 0.15) is 12.4 Å². The standard InChI is InChI=1S/C15H24F3N3/c1-11(2)21(10-15(16,17)18)13-8-12(6-7-19-13)9-20-14(3,4)5/h6-8,11,20H,9-10H2,1-5H3. The maximum Gasteiger partial charge on any atom is 0.405 e. The van der Waals surface area contributed by atoms with Crippen LogP contribution in [0.15, 0.2) is 18.3 Å². The molecule has 0 radical (unpaired) electrons. The van der Waals surface area contributed by atoms with Crippen LogP contribution in [0.4, 0.5) is 19.0 Å². The van der Waals surface area contributed by atoms with Crippen LogP contribution in [-0.4, -0.2) is 29.3 Å². The molecule has 0 aliphatic heterocycles. The normalized spacial score (nSPS) is 12.8. The maximum atomic E-state index is 12.7. The number of hydrogen-bond donors (Lipinski definition) is 1. The molecule has 0 saturated carbocycles. The van der Waals surface area contributed by atoms with Gasteiger partial charge in [0.15, 0.2) is 0 Å². The molecule has 0 amide bonds. The molecule has 1 heterocycles. The van der Waals surface area contributed by atoms with Gasteiger partial charge in [-0.05, 0) is 52.3 Å². The predicted octanol–water partition coefficient (Wildman–Crippen LogP) is 3.75. The number of rotatable bonds is 5. The van der Waals surface area contributed by atoms with E-state index in [1.807, 2.05) is 26.8 Å². The van der Waals surface area contributed by atoms with Crippen LogP contribution < -0.4 is 10.2 Å². The fraction of sp³-hybridized carbons (Fsp3) is 0.667. The third kappa shape index (κ3) is 6.80. The van der Waals surface area contributed by atoms with Gasteiger partial charge >= 0.3 is 6.18 Å². The summed E-state index contributed by atoms with van der Waals surface area (Å²) < 4.78 is 38.0. The van der Waals surface area contributed by atoms with E-state index in [1.165, 1.54) is 4.90 Å². The lowest BCUT2D eigenvalue weighted by Gasteiger charge is -2.29. The summed E-state index contributed by atoms with van der Waals surface area (Å²) in [5, 5.41) is 3.31. The molecule has 1 aromatic heterocycles. The SMILES string of the molecule is CC(C)N(CC(F)(F)F)c1cc(CNC(C)(C)C)ccn1. The average molecular weight is 303 g/mol. The summed E-state index contributed by atoms with van der Waals surface area (Å²) in [6.07, 6.45) is -2.69. The molecule has 0 spiro atoms. The van der Waals surface area contributed by atoms with Crippen LogP contribution in [-0.2, 0) is 6.54 Å². The molecule has 6 heteroatoms. The predicted molar refractivity (Wildman–Crippen MR) is 79.4 cm³/mol. The lowest BCUT2D eigenvalue weighted by molar-refractivity contribution is -0.120. The molecule has 0 aliphatic carbocycles. The molecule has 21 heavy (non-hydrogen) atoms. The minimum absolute atomic E-state index is 0.0485. The molecule has 1 N–H and O–H groups in total. The van der Waals surface area contributed by atoms with Gasteiger partial charge in [-0.1, -0.05) is 0 Å². The Balaban J connectivity index is 2.90. The molecule has 0 aromatic carbocycles. The van der Waals surface area contributed by atoms with Crippen molar-refractivity contribution in [1.82, 2.24) is 10.3 Å². The second kappa shape index (κ2) is 6.64. The molecular formula is C15H24F3N3. The summed E-state index contributed by atoms with van der Waals surface area (Å²) in [5.41, 5.74) is 0.871. The first kappa shape index (κ1) is 17.8. The van der Waals surface area contributed by atoms with Crippen molar-refractivity contribution >= 4 is 5.82 Å². The summed E-state index contributed by atoms with van der Waals surface area (Å²) in [6, 6.07) is 3.25. The van der Waals surface area contributed by atoms with Crippen molar-refractivity contribution < 1.29 is 13.2 Å². The third-order valence-electron chi connectivity index (χ3n) is 2.90. The van der Waals surface area contributed by atoms with Gasteiger partial charge < -0.3 is 10.2 Å². The Labute approximate surface area is 124 Å². The Hall–Kier alpha value is -1.30. The molecule has 0 fully saturated rings. The highest BCUT2D eigenvalue weighted by Gasteiger charge is 2.32. The third-order valence-corrected chi connectivity index (χ3v) is 2.90. The zero-order valence-electron chi connectivity index (χ0n) is 13.3. The average Bonchev–Trinajstić information content (AvgIpc) is 2.32. The molecule has 0 unspecified atom stereocenters. The van der Waals surface area contributed by atoms with Crippen molar-refractivity contribution in [2.75, 3.05) is 11.4 Å². The van der Waals surface area contributed by atoms with Crippen LogP contribution in [0.25, 0.3) is 0 Å². The monoisotopic (exact) mass is 303 g/mol. The van der Waals surface area contributed by atoms with E-state index >= 15 is 0 Å². The van der Waals surface area contributed by atoms with Gasteiger partial charge in [0.05, 0.1) is 0 Å². The van der Waals surface area contributed by atoms with Crippen LogP contribution >= 0.6 is 0 Å². The van der Waals surface area contributed by atoms with Crippen molar-refractivity contribution in [3.8, 4) is 0 Å². The second-order valence-electron chi connectivity index (χ2n) is 6.46. The first-order valence-electron chi connectivity index (χ1n) is 7.01.